The second kappa shape index (κ2) is 4.29. The number of halogens is 1. The Morgan fingerprint density at radius 3 is 2.45 bits per heavy atom. The van der Waals surface area contributed by atoms with Gasteiger partial charge in [0.15, 0.2) is 0 Å². The molecule has 0 spiro atoms. The first-order chi connectivity index (χ1) is 5.22. The zero-order valence-electron chi connectivity index (χ0n) is 6.79. The van der Waals surface area contributed by atoms with E-state index >= 15 is 0 Å². The normalized spacial score (nSPS) is 26.5. The van der Waals surface area contributed by atoms with E-state index in [1.807, 2.05) is 6.92 Å². The maximum atomic E-state index is 9.56. The third kappa shape index (κ3) is 2.62. The van der Waals surface area contributed by atoms with Gasteiger partial charge in [0.05, 0.1) is 11.5 Å². The second-order valence-electron chi connectivity index (χ2n) is 3.12. The minimum Gasteiger partial charge on any atom is -0.391 e. The van der Waals surface area contributed by atoms with Crippen molar-refractivity contribution in [1.82, 2.24) is 0 Å². The molecule has 3 heteroatoms. The molecule has 0 aliphatic carbocycles. The van der Waals surface area contributed by atoms with Crippen molar-refractivity contribution in [3.8, 4) is 0 Å². The van der Waals surface area contributed by atoms with Crippen molar-refractivity contribution in [2.45, 2.75) is 31.2 Å². The molecule has 0 radical (unpaired) electrons. The first-order valence-corrected chi connectivity index (χ1v) is 4.55. The van der Waals surface area contributed by atoms with Crippen LogP contribution in [0.5, 0.6) is 0 Å². The molecule has 0 aromatic rings. The van der Waals surface area contributed by atoms with E-state index in [1.54, 1.807) is 0 Å². The Hall–Kier alpha value is 0.210. The first kappa shape index (κ1) is 9.30. The summed E-state index contributed by atoms with van der Waals surface area (Å²) in [6.45, 7) is 3.37. The van der Waals surface area contributed by atoms with Gasteiger partial charge in [-0.15, -0.1) is 11.6 Å². The van der Waals surface area contributed by atoms with E-state index in [-0.39, 0.29) is 11.5 Å². The molecule has 0 aromatic heterocycles. The molecule has 2 unspecified atom stereocenters. The van der Waals surface area contributed by atoms with Crippen molar-refractivity contribution in [3.63, 3.8) is 0 Å². The highest BCUT2D eigenvalue weighted by molar-refractivity contribution is 6.20. The summed E-state index contributed by atoms with van der Waals surface area (Å²) >= 11 is 5.77. The molecule has 11 heavy (non-hydrogen) atoms. The summed E-state index contributed by atoms with van der Waals surface area (Å²) < 4.78 is 5.18. The summed E-state index contributed by atoms with van der Waals surface area (Å²) in [6.07, 6.45) is 1.52. The Balaban J connectivity index is 2.32. The number of rotatable bonds is 2. The van der Waals surface area contributed by atoms with E-state index in [1.165, 1.54) is 0 Å². The smallest absolute Gasteiger partial charge is 0.0730 e. The molecular formula is C8H15ClO2. The molecule has 66 valence electrons. The van der Waals surface area contributed by atoms with Gasteiger partial charge in [0.1, 0.15) is 0 Å². The van der Waals surface area contributed by atoms with Crippen LogP contribution in [0.25, 0.3) is 0 Å². The van der Waals surface area contributed by atoms with Gasteiger partial charge >= 0.3 is 0 Å². The van der Waals surface area contributed by atoms with Crippen molar-refractivity contribution < 1.29 is 9.84 Å². The average Bonchev–Trinajstić information content (AvgIpc) is 2.05. The molecule has 2 nitrogen and oxygen atoms in total. The SMILES string of the molecule is CC(Cl)C(O)C1CCOCC1. The minimum absolute atomic E-state index is 0.141. The maximum Gasteiger partial charge on any atom is 0.0730 e. The predicted octanol–water partition coefficient (Wildman–Crippen LogP) is 1.40. The number of alkyl halides is 1. The van der Waals surface area contributed by atoms with Gasteiger partial charge in [-0.2, -0.15) is 0 Å². The number of aliphatic hydroxyl groups is 1. The van der Waals surface area contributed by atoms with Gasteiger partial charge in [-0.3, -0.25) is 0 Å². The maximum absolute atomic E-state index is 9.56. The molecule has 0 saturated carbocycles. The largest absolute Gasteiger partial charge is 0.391 e. The van der Waals surface area contributed by atoms with Gasteiger partial charge in [-0.05, 0) is 25.7 Å². The molecule has 0 aromatic carbocycles. The van der Waals surface area contributed by atoms with Gasteiger partial charge in [0.2, 0.25) is 0 Å². The first-order valence-electron chi connectivity index (χ1n) is 4.11. The zero-order chi connectivity index (χ0) is 8.27. The van der Waals surface area contributed by atoms with E-state index in [0.717, 1.165) is 26.1 Å². The summed E-state index contributed by atoms with van der Waals surface area (Å²) in [5.74, 6) is 0.344. The van der Waals surface area contributed by atoms with Crippen molar-refractivity contribution in [3.05, 3.63) is 0 Å². The highest BCUT2D eigenvalue weighted by atomic mass is 35.5. The van der Waals surface area contributed by atoms with E-state index < -0.39 is 0 Å². The van der Waals surface area contributed by atoms with Crippen molar-refractivity contribution in [2.75, 3.05) is 13.2 Å². The van der Waals surface area contributed by atoms with E-state index in [9.17, 15) is 5.11 Å². The van der Waals surface area contributed by atoms with Crippen molar-refractivity contribution in [1.29, 1.82) is 0 Å². The van der Waals surface area contributed by atoms with Crippen LogP contribution in [0.3, 0.4) is 0 Å². The molecule has 1 heterocycles. The number of hydrogen-bond acceptors (Lipinski definition) is 2. The van der Waals surface area contributed by atoms with Gasteiger partial charge in [-0.1, -0.05) is 0 Å². The van der Waals surface area contributed by atoms with Crippen molar-refractivity contribution in [2.24, 2.45) is 5.92 Å². The molecule has 1 aliphatic rings. The summed E-state index contributed by atoms with van der Waals surface area (Å²) in [7, 11) is 0. The van der Waals surface area contributed by atoms with Crippen LogP contribution in [0.1, 0.15) is 19.8 Å². The number of hydrogen-bond donors (Lipinski definition) is 1. The zero-order valence-corrected chi connectivity index (χ0v) is 7.55. The fourth-order valence-corrected chi connectivity index (χ4v) is 1.64. The Kier molecular flexibility index (Phi) is 3.63. The topological polar surface area (TPSA) is 29.5 Å². The van der Waals surface area contributed by atoms with E-state index in [0.29, 0.717) is 5.92 Å². The fourth-order valence-electron chi connectivity index (χ4n) is 1.43. The van der Waals surface area contributed by atoms with Gasteiger partial charge in [0.25, 0.3) is 0 Å². The molecule has 1 rings (SSSR count). The van der Waals surface area contributed by atoms with Crippen LogP contribution in [-0.2, 0) is 4.74 Å². The van der Waals surface area contributed by atoms with E-state index in [2.05, 4.69) is 0 Å². The highest BCUT2D eigenvalue weighted by Crippen LogP contribution is 2.22. The molecule has 0 amide bonds. The summed E-state index contributed by atoms with van der Waals surface area (Å²) in [5.41, 5.74) is 0. The Labute approximate surface area is 72.5 Å². The standard InChI is InChI=1S/C8H15ClO2/c1-6(9)8(10)7-2-4-11-5-3-7/h6-8,10H,2-5H2,1H3. The lowest BCUT2D eigenvalue weighted by Crippen LogP contribution is -2.32. The number of aliphatic hydroxyl groups excluding tert-OH is 1. The van der Waals surface area contributed by atoms with Crippen LogP contribution >= 0.6 is 11.6 Å². The molecular weight excluding hydrogens is 164 g/mol. The van der Waals surface area contributed by atoms with Gasteiger partial charge in [0, 0.05) is 13.2 Å². The molecule has 0 bridgehead atoms. The lowest BCUT2D eigenvalue weighted by Gasteiger charge is -2.27. The molecule has 1 aliphatic heterocycles. The van der Waals surface area contributed by atoms with Gasteiger partial charge in [-0.25, -0.2) is 0 Å². The third-order valence-electron chi connectivity index (χ3n) is 2.22. The van der Waals surface area contributed by atoms with Crippen LogP contribution in [0, 0.1) is 5.92 Å². The monoisotopic (exact) mass is 178 g/mol. The summed E-state index contributed by atoms with van der Waals surface area (Å²) in [4.78, 5) is 0. The highest BCUT2D eigenvalue weighted by Gasteiger charge is 2.25. The fraction of sp³-hybridized carbons (Fsp3) is 1.00. The number of ether oxygens (including phenoxy) is 1. The predicted molar refractivity (Wildman–Crippen MR) is 44.9 cm³/mol. The Morgan fingerprint density at radius 1 is 1.45 bits per heavy atom. The average molecular weight is 179 g/mol. The molecule has 2 atom stereocenters. The van der Waals surface area contributed by atoms with Crippen LogP contribution in [0.15, 0.2) is 0 Å². The van der Waals surface area contributed by atoms with Gasteiger partial charge < -0.3 is 9.84 Å². The van der Waals surface area contributed by atoms with Crippen LogP contribution in [0.2, 0.25) is 0 Å². The lowest BCUT2D eigenvalue weighted by atomic mass is 9.92. The molecule has 1 fully saturated rings. The molecule has 1 saturated heterocycles. The second-order valence-corrected chi connectivity index (χ2v) is 3.81. The Morgan fingerprint density at radius 2 is 2.00 bits per heavy atom. The lowest BCUT2D eigenvalue weighted by molar-refractivity contribution is 0.00831. The van der Waals surface area contributed by atoms with Crippen LogP contribution in [0.4, 0.5) is 0 Å². The van der Waals surface area contributed by atoms with Crippen LogP contribution in [-0.4, -0.2) is 29.8 Å². The minimum atomic E-state index is -0.361. The molecule has 1 N–H and O–H groups in total. The Bertz CT molecular complexity index is 111. The van der Waals surface area contributed by atoms with E-state index in [4.69, 9.17) is 16.3 Å². The summed E-state index contributed by atoms with van der Waals surface area (Å²) in [6, 6.07) is 0. The van der Waals surface area contributed by atoms with Crippen molar-refractivity contribution >= 4 is 11.6 Å². The summed E-state index contributed by atoms with van der Waals surface area (Å²) in [5, 5.41) is 9.42. The quantitative estimate of drug-likeness (QED) is 0.648. The third-order valence-corrected chi connectivity index (χ3v) is 2.48. The van der Waals surface area contributed by atoms with Crippen LogP contribution < -0.4 is 0 Å².